The molecule has 4 heteroatoms. The summed E-state index contributed by atoms with van der Waals surface area (Å²) in [5.41, 5.74) is 9.48. The fourth-order valence-electron chi connectivity index (χ4n) is 2.11. The number of nitrogens with two attached hydrogens (primary N) is 1. The highest BCUT2D eigenvalue weighted by atomic mass is 35.5. The average molecular weight is 289 g/mol. The SMILES string of the molecule is CCc1cccc(C)c1NC(=O)c1cccc(N)c1Cl. The Kier molecular flexibility index (Phi) is 4.30. The molecule has 20 heavy (non-hydrogen) atoms. The van der Waals surface area contributed by atoms with Gasteiger partial charge in [0.25, 0.3) is 5.91 Å². The van der Waals surface area contributed by atoms with Gasteiger partial charge in [-0.25, -0.2) is 0 Å². The summed E-state index contributed by atoms with van der Waals surface area (Å²) in [5, 5.41) is 3.22. The molecule has 0 aliphatic heterocycles. The van der Waals surface area contributed by atoms with Gasteiger partial charge in [-0.1, -0.05) is 42.8 Å². The van der Waals surface area contributed by atoms with Gasteiger partial charge < -0.3 is 11.1 Å². The molecule has 2 rings (SSSR count). The van der Waals surface area contributed by atoms with Crippen LogP contribution in [0.25, 0.3) is 0 Å². The van der Waals surface area contributed by atoms with Crippen molar-refractivity contribution in [1.29, 1.82) is 0 Å². The molecule has 0 saturated heterocycles. The molecule has 0 aromatic heterocycles. The van der Waals surface area contributed by atoms with Crippen LogP contribution in [0.4, 0.5) is 11.4 Å². The van der Waals surface area contributed by atoms with Gasteiger partial charge in [0, 0.05) is 5.69 Å². The number of carbonyl (C=O) groups is 1. The largest absolute Gasteiger partial charge is 0.398 e. The van der Waals surface area contributed by atoms with Crippen molar-refractivity contribution in [2.24, 2.45) is 0 Å². The molecule has 0 unspecified atom stereocenters. The zero-order valence-corrected chi connectivity index (χ0v) is 12.3. The van der Waals surface area contributed by atoms with E-state index in [0.29, 0.717) is 11.3 Å². The van der Waals surface area contributed by atoms with Gasteiger partial charge in [-0.05, 0) is 36.6 Å². The van der Waals surface area contributed by atoms with Gasteiger partial charge >= 0.3 is 0 Å². The Balaban J connectivity index is 2.35. The molecule has 0 aliphatic carbocycles. The maximum Gasteiger partial charge on any atom is 0.257 e. The van der Waals surface area contributed by atoms with Gasteiger partial charge in [0.05, 0.1) is 16.3 Å². The summed E-state index contributed by atoms with van der Waals surface area (Å²) in [5.74, 6) is -0.244. The van der Waals surface area contributed by atoms with E-state index in [-0.39, 0.29) is 10.9 Å². The van der Waals surface area contributed by atoms with Crippen molar-refractivity contribution in [2.45, 2.75) is 20.3 Å². The van der Waals surface area contributed by atoms with E-state index in [2.05, 4.69) is 12.2 Å². The zero-order chi connectivity index (χ0) is 14.7. The van der Waals surface area contributed by atoms with Crippen molar-refractivity contribution < 1.29 is 4.79 Å². The number of carbonyl (C=O) groups excluding carboxylic acids is 1. The van der Waals surface area contributed by atoms with Crippen LogP contribution in [0.5, 0.6) is 0 Å². The highest BCUT2D eigenvalue weighted by molar-refractivity contribution is 6.36. The minimum Gasteiger partial charge on any atom is -0.398 e. The Morgan fingerprint density at radius 1 is 1.25 bits per heavy atom. The Morgan fingerprint density at radius 2 is 1.95 bits per heavy atom. The number of rotatable bonds is 3. The normalized spacial score (nSPS) is 10.3. The first-order valence-corrected chi connectivity index (χ1v) is 6.86. The minimum absolute atomic E-state index is 0.244. The van der Waals surface area contributed by atoms with Crippen molar-refractivity contribution in [3.8, 4) is 0 Å². The van der Waals surface area contributed by atoms with Crippen molar-refractivity contribution in [2.75, 3.05) is 11.1 Å². The number of para-hydroxylation sites is 1. The smallest absolute Gasteiger partial charge is 0.257 e. The van der Waals surface area contributed by atoms with Crippen LogP contribution in [-0.4, -0.2) is 5.91 Å². The third-order valence-corrected chi connectivity index (χ3v) is 3.67. The van der Waals surface area contributed by atoms with Crippen LogP contribution in [0.2, 0.25) is 5.02 Å². The van der Waals surface area contributed by atoms with Gasteiger partial charge in [0.2, 0.25) is 0 Å². The van der Waals surface area contributed by atoms with E-state index >= 15 is 0 Å². The highest BCUT2D eigenvalue weighted by Crippen LogP contribution is 2.26. The molecule has 3 N–H and O–H groups in total. The summed E-state index contributed by atoms with van der Waals surface area (Å²) in [6, 6.07) is 11.0. The topological polar surface area (TPSA) is 55.1 Å². The molecule has 1 amide bonds. The van der Waals surface area contributed by atoms with Gasteiger partial charge in [-0.2, -0.15) is 0 Å². The van der Waals surface area contributed by atoms with Gasteiger partial charge in [-0.15, -0.1) is 0 Å². The van der Waals surface area contributed by atoms with E-state index in [1.54, 1.807) is 18.2 Å². The zero-order valence-electron chi connectivity index (χ0n) is 11.5. The lowest BCUT2D eigenvalue weighted by molar-refractivity contribution is 0.102. The first-order chi connectivity index (χ1) is 9.54. The Morgan fingerprint density at radius 3 is 2.65 bits per heavy atom. The molecule has 0 fully saturated rings. The molecule has 0 saturated carbocycles. The number of benzene rings is 2. The standard InChI is InChI=1S/C16H17ClN2O/c1-3-11-7-4-6-10(2)15(11)19-16(20)12-8-5-9-13(18)14(12)17/h4-9H,3,18H2,1-2H3,(H,19,20). The number of halogens is 1. The predicted molar refractivity (Wildman–Crippen MR) is 84.4 cm³/mol. The molecule has 0 atom stereocenters. The van der Waals surface area contributed by atoms with Crippen molar-refractivity contribution in [3.05, 3.63) is 58.1 Å². The first kappa shape index (κ1) is 14.4. The molecular formula is C16H17ClN2O. The monoisotopic (exact) mass is 288 g/mol. The van der Waals surface area contributed by atoms with E-state index in [9.17, 15) is 4.79 Å². The molecule has 0 radical (unpaired) electrons. The molecule has 3 nitrogen and oxygen atoms in total. The van der Waals surface area contributed by atoms with Gasteiger partial charge in [0.15, 0.2) is 0 Å². The van der Waals surface area contributed by atoms with E-state index in [1.165, 1.54) is 0 Å². The molecule has 104 valence electrons. The Hall–Kier alpha value is -2.00. The number of amides is 1. The van der Waals surface area contributed by atoms with Crippen molar-refractivity contribution in [1.82, 2.24) is 0 Å². The summed E-state index contributed by atoms with van der Waals surface area (Å²) >= 11 is 6.08. The summed E-state index contributed by atoms with van der Waals surface area (Å²) in [4.78, 5) is 12.4. The van der Waals surface area contributed by atoms with Crippen LogP contribution in [0.1, 0.15) is 28.4 Å². The molecule has 0 spiro atoms. The molecule has 0 bridgehead atoms. The second-order valence-corrected chi connectivity index (χ2v) is 5.00. The summed E-state index contributed by atoms with van der Waals surface area (Å²) in [6.07, 6.45) is 0.849. The maximum atomic E-state index is 12.4. The van der Waals surface area contributed by atoms with Crippen LogP contribution in [0, 0.1) is 6.92 Å². The van der Waals surface area contributed by atoms with Crippen molar-refractivity contribution in [3.63, 3.8) is 0 Å². The predicted octanol–water partition coefficient (Wildman–Crippen LogP) is 4.05. The van der Waals surface area contributed by atoms with Gasteiger partial charge in [0.1, 0.15) is 0 Å². The Bertz CT molecular complexity index is 653. The second-order valence-electron chi connectivity index (χ2n) is 4.63. The minimum atomic E-state index is -0.244. The number of anilines is 2. The number of nitrogens with one attached hydrogen (secondary N) is 1. The fourth-order valence-corrected chi connectivity index (χ4v) is 2.32. The van der Waals surface area contributed by atoms with Crippen LogP contribution in [-0.2, 0) is 6.42 Å². The van der Waals surface area contributed by atoms with Crippen LogP contribution in [0.15, 0.2) is 36.4 Å². The average Bonchev–Trinajstić information content (AvgIpc) is 2.44. The summed E-state index contributed by atoms with van der Waals surface area (Å²) in [6.45, 7) is 4.02. The van der Waals surface area contributed by atoms with E-state index < -0.39 is 0 Å². The second kappa shape index (κ2) is 5.97. The Labute approximate surface area is 123 Å². The van der Waals surface area contributed by atoms with Crippen LogP contribution < -0.4 is 11.1 Å². The van der Waals surface area contributed by atoms with Crippen LogP contribution >= 0.6 is 11.6 Å². The quantitative estimate of drug-likeness (QED) is 0.837. The fraction of sp³-hybridized carbons (Fsp3) is 0.188. The number of nitrogen functional groups attached to an aromatic ring is 1. The number of hydrogen-bond acceptors (Lipinski definition) is 2. The third kappa shape index (κ3) is 2.78. The van der Waals surface area contributed by atoms with E-state index in [0.717, 1.165) is 23.2 Å². The van der Waals surface area contributed by atoms with E-state index in [4.69, 9.17) is 17.3 Å². The highest BCUT2D eigenvalue weighted by Gasteiger charge is 2.14. The first-order valence-electron chi connectivity index (χ1n) is 6.48. The number of hydrogen-bond donors (Lipinski definition) is 2. The lowest BCUT2D eigenvalue weighted by Crippen LogP contribution is -2.15. The lowest BCUT2D eigenvalue weighted by atomic mass is 10.1. The molecule has 0 heterocycles. The van der Waals surface area contributed by atoms with Crippen molar-refractivity contribution >= 4 is 28.9 Å². The maximum absolute atomic E-state index is 12.4. The molecule has 2 aromatic rings. The van der Waals surface area contributed by atoms with Crippen LogP contribution in [0.3, 0.4) is 0 Å². The van der Waals surface area contributed by atoms with Gasteiger partial charge in [-0.3, -0.25) is 4.79 Å². The summed E-state index contributed by atoms with van der Waals surface area (Å²) in [7, 11) is 0. The number of aryl methyl sites for hydroxylation is 2. The summed E-state index contributed by atoms with van der Waals surface area (Å²) < 4.78 is 0. The molecule has 0 aliphatic rings. The van der Waals surface area contributed by atoms with E-state index in [1.807, 2.05) is 25.1 Å². The molecule has 2 aromatic carbocycles. The molecular weight excluding hydrogens is 272 g/mol. The third-order valence-electron chi connectivity index (χ3n) is 3.25. The lowest BCUT2D eigenvalue weighted by Gasteiger charge is -2.14.